The zero-order valence-corrected chi connectivity index (χ0v) is 8.50. The molecule has 0 heterocycles. The van der Waals surface area contributed by atoms with Crippen LogP contribution in [0, 0.1) is 18.3 Å². The van der Waals surface area contributed by atoms with E-state index in [4.69, 9.17) is 10.4 Å². The van der Waals surface area contributed by atoms with Crippen molar-refractivity contribution in [3.63, 3.8) is 0 Å². The van der Waals surface area contributed by atoms with Gasteiger partial charge in [0.15, 0.2) is 0 Å². The van der Waals surface area contributed by atoms with Crippen LogP contribution < -0.4 is 0 Å². The largest absolute Gasteiger partial charge is 0.481 e. The molecule has 16 heavy (non-hydrogen) atoms. The fourth-order valence-electron chi connectivity index (χ4n) is 1.40. The average Bonchev–Trinajstić information content (AvgIpc) is 2.19. The molecule has 0 aliphatic carbocycles. The summed E-state index contributed by atoms with van der Waals surface area (Å²) in [5.41, 5.74) is 0.316. The lowest BCUT2D eigenvalue weighted by molar-refractivity contribution is -0.136. The number of carbonyl (C=O) groups is 1. The monoisotopic (exact) mass is 225 g/mol. The summed E-state index contributed by atoms with van der Waals surface area (Å²) in [6.07, 6.45) is -3.10. The number of nitrogens with zero attached hydrogens (tertiary/aromatic N) is 1. The Morgan fingerprint density at radius 2 is 2.19 bits per heavy atom. The molecule has 0 aliphatic heterocycles. The third-order valence-corrected chi connectivity index (χ3v) is 2.21. The van der Waals surface area contributed by atoms with E-state index in [2.05, 4.69) is 0 Å². The Hall–Kier alpha value is -1.96. The van der Waals surface area contributed by atoms with Gasteiger partial charge in [0.2, 0.25) is 0 Å². The van der Waals surface area contributed by atoms with Gasteiger partial charge in [0.1, 0.15) is 0 Å². The first-order valence-electron chi connectivity index (χ1n) is 4.49. The molecule has 3 nitrogen and oxygen atoms in total. The van der Waals surface area contributed by atoms with E-state index < -0.39 is 18.0 Å². The van der Waals surface area contributed by atoms with E-state index in [9.17, 15) is 13.6 Å². The summed E-state index contributed by atoms with van der Waals surface area (Å²) in [6, 6.07) is 4.05. The van der Waals surface area contributed by atoms with Crippen molar-refractivity contribution >= 4 is 5.97 Å². The number of rotatable bonds is 3. The molecule has 0 saturated carbocycles. The van der Waals surface area contributed by atoms with Crippen LogP contribution in [0.1, 0.15) is 28.7 Å². The molecule has 0 aliphatic rings. The molecule has 0 radical (unpaired) electrons. The number of hydrogen-bond donors (Lipinski definition) is 1. The summed E-state index contributed by atoms with van der Waals surface area (Å²) in [7, 11) is 0. The number of carboxylic acids is 1. The van der Waals surface area contributed by atoms with Crippen LogP contribution in [0.3, 0.4) is 0 Å². The molecule has 0 bridgehead atoms. The van der Waals surface area contributed by atoms with Crippen molar-refractivity contribution < 1.29 is 18.7 Å². The minimum Gasteiger partial charge on any atom is -0.481 e. The predicted molar refractivity (Wildman–Crippen MR) is 52.2 cm³/mol. The molecule has 0 atom stereocenters. The molecule has 0 unspecified atom stereocenters. The molecule has 0 saturated heterocycles. The van der Waals surface area contributed by atoms with Crippen molar-refractivity contribution in [3.8, 4) is 6.07 Å². The Balaban J connectivity index is 3.28. The van der Waals surface area contributed by atoms with Crippen LogP contribution in [0.25, 0.3) is 0 Å². The van der Waals surface area contributed by atoms with E-state index in [1.165, 1.54) is 6.07 Å². The normalized spacial score (nSPS) is 10.2. The fraction of sp³-hybridized carbons (Fsp3) is 0.273. The van der Waals surface area contributed by atoms with Crippen LogP contribution in [0.5, 0.6) is 0 Å². The Morgan fingerprint density at radius 1 is 1.56 bits per heavy atom. The smallest absolute Gasteiger partial charge is 0.307 e. The summed E-state index contributed by atoms with van der Waals surface area (Å²) in [6.45, 7) is 1.59. The van der Waals surface area contributed by atoms with Crippen molar-refractivity contribution in [2.45, 2.75) is 19.8 Å². The highest BCUT2D eigenvalue weighted by Crippen LogP contribution is 2.26. The second-order valence-corrected chi connectivity index (χ2v) is 3.35. The minimum atomic E-state index is -2.78. The van der Waals surface area contributed by atoms with Gasteiger partial charge in [0, 0.05) is 5.56 Å². The van der Waals surface area contributed by atoms with Crippen molar-refractivity contribution in [2.24, 2.45) is 0 Å². The first-order chi connectivity index (χ1) is 7.45. The van der Waals surface area contributed by atoms with Crippen molar-refractivity contribution in [1.82, 2.24) is 0 Å². The summed E-state index contributed by atoms with van der Waals surface area (Å²) in [5, 5.41) is 17.3. The quantitative estimate of drug-likeness (QED) is 0.859. The van der Waals surface area contributed by atoms with Gasteiger partial charge in [-0.25, -0.2) is 8.78 Å². The average molecular weight is 225 g/mol. The minimum absolute atomic E-state index is 0.110. The zero-order valence-electron chi connectivity index (χ0n) is 8.50. The third kappa shape index (κ3) is 2.54. The highest BCUT2D eigenvalue weighted by atomic mass is 19.3. The van der Waals surface area contributed by atoms with Gasteiger partial charge in [0.25, 0.3) is 6.43 Å². The molecule has 1 aromatic rings. The Morgan fingerprint density at radius 3 is 2.62 bits per heavy atom. The molecule has 0 fully saturated rings. The zero-order chi connectivity index (χ0) is 12.3. The predicted octanol–water partition coefficient (Wildman–Crippen LogP) is 2.43. The molecular formula is C11H9F2NO2. The Labute approximate surface area is 90.9 Å². The number of hydrogen-bond acceptors (Lipinski definition) is 2. The molecular weight excluding hydrogens is 216 g/mol. The van der Waals surface area contributed by atoms with Gasteiger partial charge in [-0.3, -0.25) is 4.79 Å². The van der Waals surface area contributed by atoms with Crippen LogP contribution in [0.4, 0.5) is 8.78 Å². The first kappa shape index (κ1) is 12.1. The molecule has 0 aromatic heterocycles. The number of aryl methyl sites for hydroxylation is 1. The fourth-order valence-corrected chi connectivity index (χ4v) is 1.40. The first-order valence-corrected chi connectivity index (χ1v) is 4.49. The van der Waals surface area contributed by atoms with Crippen LogP contribution in [-0.2, 0) is 11.2 Å². The van der Waals surface area contributed by atoms with Crippen molar-refractivity contribution in [2.75, 3.05) is 0 Å². The topological polar surface area (TPSA) is 61.1 Å². The third-order valence-electron chi connectivity index (χ3n) is 2.21. The maximum atomic E-state index is 12.6. The van der Waals surface area contributed by atoms with Gasteiger partial charge in [-0.2, -0.15) is 5.26 Å². The van der Waals surface area contributed by atoms with Gasteiger partial charge in [-0.1, -0.05) is 0 Å². The van der Waals surface area contributed by atoms with Crippen molar-refractivity contribution in [1.29, 1.82) is 5.26 Å². The lowest BCUT2D eigenvalue weighted by atomic mass is 9.98. The number of aliphatic carboxylic acids is 1. The number of halogens is 2. The standard InChI is InChI=1S/C11H9F2NO2/c1-6-2-8(5-14)9(11(12)13)3-7(6)4-10(15)16/h2-3,11H,4H2,1H3,(H,15,16). The lowest BCUT2D eigenvalue weighted by Crippen LogP contribution is -2.04. The molecule has 5 heteroatoms. The lowest BCUT2D eigenvalue weighted by Gasteiger charge is -2.08. The van der Waals surface area contributed by atoms with E-state index in [-0.39, 0.29) is 12.0 Å². The molecule has 0 amide bonds. The summed E-state index contributed by atoms with van der Waals surface area (Å²) < 4.78 is 25.1. The number of benzene rings is 1. The van der Waals surface area contributed by atoms with Crippen LogP contribution in [0.2, 0.25) is 0 Å². The summed E-state index contributed by atoms with van der Waals surface area (Å²) >= 11 is 0. The van der Waals surface area contributed by atoms with E-state index in [1.54, 1.807) is 13.0 Å². The molecule has 1 aromatic carbocycles. The van der Waals surface area contributed by atoms with E-state index in [0.717, 1.165) is 6.07 Å². The molecule has 1 rings (SSSR count). The van der Waals surface area contributed by atoms with Gasteiger partial charge >= 0.3 is 5.97 Å². The highest BCUT2D eigenvalue weighted by Gasteiger charge is 2.16. The van der Waals surface area contributed by atoms with E-state index in [0.29, 0.717) is 11.1 Å². The summed E-state index contributed by atoms with van der Waals surface area (Å²) in [4.78, 5) is 10.5. The van der Waals surface area contributed by atoms with Crippen LogP contribution in [-0.4, -0.2) is 11.1 Å². The van der Waals surface area contributed by atoms with Crippen molar-refractivity contribution in [3.05, 3.63) is 34.4 Å². The summed E-state index contributed by atoms with van der Waals surface area (Å²) in [5.74, 6) is -1.09. The second-order valence-electron chi connectivity index (χ2n) is 3.35. The van der Waals surface area contributed by atoms with Crippen LogP contribution in [0.15, 0.2) is 12.1 Å². The maximum Gasteiger partial charge on any atom is 0.307 e. The Kier molecular flexibility index (Phi) is 3.56. The van der Waals surface area contributed by atoms with E-state index >= 15 is 0 Å². The van der Waals surface area contributed by atoms with Gasteiger partial charge < -0.3 is 5.11 Å². The second kappa shape index (κ2) is 4.71. The Bertz CT molecular complexity index is 464. The van der Waals surface area contributed by atoms with Gasteiger partial charge in [0.05, 0.1) is 18.1 Å². The van der Waals surface area contributed by atoms with Gasteiger partial charge in [-0.15, -0.1) is 0 Å². The highest BCUT2D eigenvalue weighted by molar-refractivity contribution is 5.71. The molecule has 84 valence electrons. The number of nitriles is 1. The molecule has 1 N–H and O–H groups in total. The number of carboxylic acid groups (broad SMARTS) is 1. The number of alkyl halides is 2. The SMILES string of the molecule is Cc1cc(C#N)c(C(F)F)cc1CC(=O)O. The maximum absolute atomic E-state index is 12.6. The van der Waals surface area contributed by atoms with Crippen LogP contribution >= 0.6 is 0 Å². The molecule has 0 spiro atoms. The van der Waals surface area contributed by atoms with E-state index in [1.807, 2.05) is 0 Å². The van der Waals surface area contributed by atoms with Gasteiger partial charge in [-0.05, 0) is 30.2 Å².